The molecule has 0 radical (unpaired) electrons. The Labute approximate surface area is 122 Å². The van der Waals surface area contributed by atoms with Crippen molar-refractivity contribution in [2.24, 2.45) is 0 Å². The number of aromatic nitrogens is 1. The molecule has 3 rings (SSSR count). The van der Waals surface area contributed by atoms with Crippen LogP contribution >= 0.6 is 0 Å². The summed E-state index contributed by atoms with van der Waals surface area (Å²) in [5.41, 5.74) is 1.94. The van der Waals surface area contributed by atoms with E-state index < -0.39 is 0 Å². The highest BCUT2D eigenvalue weighted by Crippen LogP contribution is 2.19. The van der Waals surface area contributed by atoms with E-state index >= 15 is 0 Å². The van der Waals surface area contributed by atoms with Crippen LogP contribution in [0, 0.1) is 0 Å². The molecule has 0 unspecified atom stereocenters. The third-order valence-corrected chi connectivity index (χ3v) is 3.79. The Hall–Kier alpha value is -2.42. The Morgan fingerprint density at radius 3 is 2.00 bits per heavy atom. The van der Waals surface area contributed by atoms with Crippen LogP contribution in [0.25, 0.3) is 21.8 Å². The minimum Gasteiger partial charge on any atom is -0.340 e. The number of aryl methyl sites for hydroxylation is 1. The van der Waals surface area contributed by atoms with Gasteiger partial charge in [0.15, 0.2) is 5.43 Å². The number of pyridine rings is 1. The number of hydrogen-bond donors (Lipinski definition) is 0. The van der Waals surface area contributed by atoms with Crippen molar-refractivity contribution in [3.63, 3.8) is 0 Å². The van der Waals surface area contributed by atoms with Crippen molar-refractivity contribution in [1.29, 1.82) is 0 Å². The molecule has 3 heteroatoms. The highest BCUT2D eigenvalue weighted by atomic mass is 16.1. The van der Waals surface area contributed by atoms with Crippen LogP contribution in [0.15, 0.2) is 53.3 Å². The number of rotatable bonds is 4. The number of hydrogen-bond acceptors (Lipinski definition) is 2. The molecule has 0 N–H and O–H groups in total. The van der Waals surface area contributed by atoms with Gasteiger partial charge in [-0.3, -0.25) is 4.79 Å². The number of carbonyl (C=O) groups is 1. The highest BCUT2D eigenvalue weighted by Gasteiger charge is 2.09. The summed E-state index contributed by atoms with van der Waals surface area (Å²) in [4.78, 5) is 23.7. The first-order chi connectivity index (χ1) is 10.2. The molecule has 0 spiro atoms. The van der Waals surface area contributed by atoms with Crippen molar-refractivity contribution >= 4 is 27.6 Å². The molecule has 3 aromatic rings. The highest BCUT2D eigenvalue weighted by molar-refractivity contribution is 5.93. The van der Waals surface area contributed by atoms with Crippen LogP contribution in [-0.4, -0.2) is 10.4 Å². The van der Waals surface area contributed by atoms with Gasteiger partial charge in [0, 0.05) is 23.7 Å². The smallest absolute Gasteiger partial charge is 0.197 e. The molecule has 0 saturated heterocycles. The van der Waals surface area contributed by atoms with Gasteiger partial charge in [0.2, 0.25) is 0 Å². The fourth-order valence-electron chi connectivity index (χ4n) is 2.80. The topological polar surface area (TPSA) is 39.1 Å². The van der Waals surface area contributed by atoms with E-state index in [1.165, 1.54) is 0 Å². The largest absolute Gasteiger partial charge is 0.340 e. The second-order valence-corrected chi connectivity index (χ2v) is 5.32. The lowest BCUT2D eigenvalue weighted by atomic mass is 10.1. The lowest BCUT2D eigenvalue weighted by molar-refractivity contribution is -0.117. The van der Waals surface area contributed by atoms with Crippen molar-refractivity contribution in [3.8, 4) is 0 Å². The summed E-state index contributed by atoms with van der Waals surface area (Å²) < 4.78 is 2.15. The van der Waals surface area contributed by atoms with E-state index in [-0.39, 0.29) is 11.2 Å². The summed E-state index contributed by atoms with van der Waals surface area (Å²) in [5.74, 6) is 0.199. The second-order valence-electron chi connectivity index (χ2n) is 5.32. The average Bonchev–Trinajstić information content (AvgIpc) is 2.50. The second kappa shape index (κ2) is 5.52. The number of ketones is 1. The van der Waals surface area contributed by atoms with Gasteiger partial charge in [-0.2, -0.15) is 0 Å². The first-order valence-electron chi connectivity index (χ1n) is 7.18. The molecule has 0 atom stereocenters. The lowest BCUT2D eigenvalue weighted by Gasteiger charge is -2.14. The number of para-hydroxylation sites is 2. The van der Waals surface area contributed by atoms with E-state index in [4.69, 9.17) is 0 Å². The number of fused-ring (bicyclic) bond motifs is 2. The van der Waals surface area contributed by atoms with Crippen LogP contribution < -0.4 is 5.43 Å². The van der Waals surface area contributed by atoms with Crippen molar-refractivity contribution in [3.05, 3.63) is 58.8 Å². The molecule has 106 valence electrons. The van der Waals surface area contributed by atoms with Gasteiger partial charge in [-0.05, 0) is 37.6 Å². The Bertz CT molecular complexity index is 817. The lowest BCUT2D eigenvalue weighted by Crippen LogP contribution is -2.12. The number of Topliss-reactive ketones (excluding diaryl/α,β-unsaturated/α-hetero) is 1. The van der Waals surface area contributed by atoms with Gasteiger partial charge in [0.05, 0.1) is 11.0 Å². The van der Waals surface area contributed by atoms with Crippen LogP contribution in [-0.2, 0) is 11.3 Å². The van der Waals surface area contributed by atoms with Crippen LogP contribution in [0.3, 0.4) is 0 Å². The van der Waals surface area contributed by atoms with E-state index in [0.717, 1.165) is 34.8 Å². The zero-order valence-corrected chi connectivity index (χ0v) is 12.0. The molecule has 0 bridgehead atoms. The molecule has 0 aliphatic carbocycles. The molecule has 1 aromatic heterocycles. The summed E-state index contributed by atoms with van der Waals surface area (Å²) in [6, 6.07) is 15.3. The first-order valence-corrected chi connectivity index (χ1v) is 7.18. The Balaban J connectivity index is 2.24. The van der Waals surface area contributed by atoms with Crippen molar-refractivity contribution in [2.45, 2.75) is 26.3 Å². The number of nitrogens with zero attached hydrogens (tertiary/aromatic N) is 1. The SMILES string of the molecule is CC(=O)CCCn1c2ccccc2c(=O)c2ccccc21. The maximum absolute atomic E-state index is 12.6. The minimum atomic E-state index is 0.0732. The fraction of sp³-hybridized carbons (Fsp3) is 0.222. The third-order valence-electron chi connectivity index (χ3n) is 3.79. The average molecular weight is 279 g/mol. The molecule has 0 fully saturated rings. The molecular weight excluding hydrogens is 262 g/mol. The quantitative estimate of drug-likeness (QED) is 0.685. The maximum Gasteiger partial charge on any atom is 0.197 e. The molecule has 0 amide bonds. The molecule has 0 aliphatic heterocycles. The van der Waals surface area contributed by atoms with Crippen molar-refractivity contribution in [1.82, 2.24) is 4.57 Å². The molecule has 0 saturated carbocycles. The maximum atomic E-state index is 12.6. The standard InChI is InChI=1S/C18H17NO2/c1-13(20)7-6-12-19-16-10-4-2-8-14(16)18(21)15-9-3-5-11-17(15)19/h2-5,8-11H,6-7,12H2,1H3. The predicted molar refractivity (Wildman–Crippen MR) is 85.6 cm³/mol. The summed E-state index contributed by atoms with van der Waals surface area (Å²) in [7, 11) is 0. The van der Waals surface area contributed by atoms with Crippen LogP contribution in [0.4, 0.5) is 0 Å². The Kier molecular flexibility index (Phi) is 3.57. The number of benzene rings is 2. The third kappa shape index (κ3) is 2.47. The van der Waals surface area contributed by atoms with Gasteiger partial charge in [-0.1, -0.05) is 24.3 Å². The molecule has 0 aliphatic rings. The van der Waals surface area contributed by atoms with Crippen LogP contribution in [0.5, 0.6) is 0 Å². The summed E-state index contributed by atoms with van der Waals surface area (Å²) in [6.07, 6.45) is 1.35. The zero-order valence-electron chi connectivity index (χ0n) is 12.0. The van der Waals surface area contributed by atoms with E-state index in [1.54, 1.807) is 6.92 Å². The summed E-state index contributed by atoms with van der Waals surface area (Å²) in [5, 5.41) is 1.47. The summed E-state index contributed by atoms with van der Waals surface area (Å²) >= 11 is 0. The monoisotopic (exact) mass is 279 g/mol. The first kappa shape index (κ1) is 13.6. The Morgan fingerprint density at radius 1 is 0.952 bits per heavy atom. The van der Waals surface area contributed by atoms with E-state index in [2.05, 4.69) is 4.57 Å². The van der Waals surface area contributed by atoms with E-state index in [0.29, 0.717) is 6.42 Å². The Morgan fingerprint density at radius 2 is 1.48 bits per heavy atom. The van der Waals surface area contributed by atoms with E-state index in [1.807, 2.05) is 48.5 Å². The number of carbonyl (C=O) groups excluding carboxylic acids is 1. The van der Waals surface area contributed by atoms with Gasteiger partial charge >= 0.3 is 0 Å². The molecule has 21 heavy (non-hydrogen) atoms. The van der Waals surface area contributed by atoms with Crippen molar-refractivity contribution in [2.75, 3.05) is 0 Å². The normalized spacial score (nSPS) is 11.1. The fourth-order valence-corrected chi connectivity index (χ4v) is 2.80. The van der Waals surface area contributed by atoms with Crippen LogP contribution in [0.2, 0.25) is 0 Å². The zero-order chi connectivity index (χ0) is 14.8. The van der Waals surface area contributed by atoms with Crippen molar-refractivity contribution < 1.29 is 4.79 Å². The molecule has 2 aromatic carbocycles. The molecular formula is C18H17NO2. The van der Waals surface area contributed by atoms with Gasteiger partial charge in [0.25, 0.3) is 0 Å². The van der Waals surface area contributed by atoms with Gasteiger partial charge in [-0.25, -0.2) is 0 Å². The molecule has 3 nitrogen and oxygen atoms in total. The van der Waals surface area contributed by atoms with Gasteiger partial charge in [0.1, 0.15) is 5.78 Å². The minimum absolute atomic E-state index is 0.0732. The van der Waals surface area contributed by atoms with Gasteiger partial charge < -0.3 is 9.36 Å². The van der Waals surface area contributed by atoms with E-state index in [9.17, 15) is 9.59 Å². The predicted octanol–water partition coefficient (Wildman–Crippen LogP) is 3.52. The molecule has 1 heterocycles. The van der Waals surface area contributed by atoms with Gasteiger partial charge in [-0.15, -0.1) is 0 Å². The summed E-state index contributed by atoms with van der Waals surface area (Å²) in [6.45, 7) is 2.35. The van der Waals surface area contributed by atoms with Crippen LogP contribution in [0.1, 0.15) is 19.8 Å².